The number of aryl methyl sites for hydroxylation is 2. The van der Waals surface area contributed by atoms with Crippen molar-refractivity contribution >= 4 is 11.6 Å². The van der Waals surface area contributed by atoms with Gasteiger partial charge in [-0.15, -0.1) is 0 Å². The van der Waals surface area contributed by atoms with E-state index in [2.05, 4.69) is 5.32 Å². The summed E-state index contributed by atoms with van der Waals surface area (Å²) in [6.45, 7) is 5.81. The Bertz CT molecular complexity index is 757. The molecule has 0 aliphatic heterocycles. The van der Waals surface area contributed by atoms with E-state index < -0.39 is 0 Å². The molecule has 0 fully saturated rings. The SMILES string of the molecule is COc1cc(C)c(C(C)NC(=O)c2cc(N)ccc2C)cc1OC. The highest BCUT2D eigenvalue weighted by atomic mass is 16.5. The second kappa shape index (κ2) is 7.25. The molecule has 0 saturated carbocycles. The monoisotopic (exact) mass is 328 g/mol. The predicted octanol–water partition coefficient (Wildman–Crippen LogP) is 3.39. The van der Waals surface area contributed by atoms with Gasteiger partial charge in [0.2, 0.25) is 0 Å². The maximum Gasteiger partial charge on any atom is 0.252 e. The second-order valence-electron chi connectivity index (χ2n) is 5.83. The zero-order valence-corrected chi connectivity index (χ0v) is 14.8. The third kappa shape index (κ3) is 3.62. The largest absolute Gasteiger partial charge is 0.493 e. The Morgan fingerprint density at radius 3 is 2.29 bits per heavy atom. The van der Waals surface area contributed by atoms with Crippen molar-refractivity contribution in [2.24, 2.45) is 0 Å². The third-order valence-electron chi connectivity index (χ3n) is 4.09. The fraction of sp³-hybridized carbons (Fsp3) is 0.316. The molecule has 5 heteroatoms. The second-order valence-corrected chi connectivity index (χ2v) is 5.83. The first-order chi connectivity index (χ1) is 11.4. The van der Waals surface area contributed by atoms with Crippen LogP contribution in [0.15, 0.2) is 30.3 Å². The summed E-state index contributed by atoms with van der Waals surface area (Å²) in [6, 6.07) is 8.94. The number of ether oxygens (including phenoxy) is 2. The number of carbonyl (C=O) groups excluding carboxylic acids is 1. The van der Waals surface area contributed by atoms with Gasteiger partial charge >= 0.3 is 0 Å². The van der Waals surface area contributed by atoms with Crippen LogP contribution in [0.3, 0.4) is 0 Å². The molecule has 0 aliphatic carbocycles. The molecule has 5 nitrogen and oxygen atoms in total. The highest BCUT2D eigenvalue weighted by molar-refractivity contribution is 5.96. The first-order valence-corrected chi connectivity index (χ1v) is 7.76. The Morgan fingerprint density at radius 2 is 1.67 bits per heavy atom. The van der Waals surface area contributed by atoms with Gasteiger partial charge in [-0.25, -0.2) is 0 Å². The molecular weight excluding hydrogens is 304 g/mol. The number of rotatable bonds is 5. The van der Waals surface area contributed by atoms with Crippen LogP contribution in [0.5, 0.6) is 11.5 Å². The van der Waals surface area contributed by atoms with Crippen LogP contribution < -0.4 is 20.5 Å². The number of amides is 1. The number of benzene rings is 2. The summed E-state index contributed by atoms with van der Waals surface area (Å²) in [6.07, 6.45) is 0. The zero-order chi connectivity index (χ0) is 17.9. The van der Waals surface area contributed by atoms with Gasteiger partial charge in [0.05, 0.1) is 20.3 Å². The van der Waals surface area contributed by atoms with Gasteiger partial charge in [-0.3, -0.25) is 4.79 Å². The molecule has 3 N–H and O–H groups in total. The van der Waals surface area contributed by atoms with E-state index in [0.29, 0.717) is 22.7 Å². The van der Waals surface area contributed by atoms with Gasteiger partial charge in [0.15, 0.2) is 11.5 Å². The van der Waals surface area contributed by atoms with E-state index in [1.54, 1.807) is 26.4 Å². The summed E-state index contributed by atoms with van der Waals surface area (Å²) in [5.74, 6) is 1.16. The Kier molecular flexibility index (Phi) is 5.34. The number of anilines is 1. The van der Waals surface area contributed by atoms with Crippen LogP contribution in [0.4, 0.5) is 5.69 Å². The number of hydrogen-bond donors (Lipinski definition) is 2. The number of hydrogen-bond acceptors (Lipinski definition) is 4. The molecular formula is C19H24N2O3. The number of nitrogens with one attached hydrogen (secondary N) is 1. The molecule has 2 aromatic carbocycles. The minimum atomic E-state index is -0.182. The van der Waals surface area contributed by atoms with E-state index in [1.807, 2.05) is 39.0 Å². The summed E-state index contributed by atoms with van der Waals surface area (Å²) in [5.41, 5.74) is 9.82. The molecule has 128 valence electrons. The molecule has 0 saturated heterocycles. The van der Waals surface area contributed by atoms with E-state index in [-0.39, 0.29) is 11.9 Å². The smallest absolute Gasteiger partial charge is 0.252 e. The van der Waals surface area contributed by atoms with Crippen LogP contribution in [-0.2, 0) is 0 Å². The lowest BCUT2D eigenvalue weighted by Crippen LogP contribution is -2.27. The Morgan fingerprint density at radius 1 is 1.04 bits per heavy atom. The van der Waals surface area contributed by atoms with Crippen molar-refractivity contribution in [1.29, 1.82) is 0 Å². The lowest BCUT2D eigenvalue weighted by Gasteiger charge is -2.19. The van der Waals surface area contributed by atoms with Gasteiger partial charge in [0, 0.05) is 11.3 Å². The molecule has 0 heterocycles. The van der Waals surface area contributed by atoms with E-state index in [1.165, 1.54) is 0 Å². The van der Waals surface area contributed by atoms with Crippen LogP contribution >= 0.6 is 0 Å². The minimum Gasteiger partial charge on any atom is -0.493 e. The third-order valence-corrected chi connectivity index (χ3v) is 4.09. The molecule has 2 rings (SSSR count). The minimum absolute atomic E-state index is 0.151. The van der Waals surface area contributed by atoms with Crippen LogP contribution in [0.1, 0.15) is 40.0 Å². The van der Waals surface area contributed by atoms with Gasteiger partial charge in [-0.05, 0) is 61.7 Å². The molecule has 0 spiro atoms. The zero-order valence-electron chi connectivity index (χ0n) is 14.8. The maximum absolute atomic E-state index is 12.6. The standard InChI is InChI=1S/C19H24N2O3/c1-11-6-7-14(20)9-16(11)19(22)21-13(3)15-10-18(24-5)17(23-4)8-12(15)2/h6-10,13H,20H2,1-5H3,(H,21,22). The van der Waals surface area contributed by atoms with Crippen molar-refractivity contribution in [3.05, 3.63) is 52.6 Å². The van der Waals surface area contributed by atoms with Gasteiger partial charge in [0.1, 0.15) is 0 Å². The first kappa shape index (κ1) is 17.7. The van der Waals surface area contributed by atoms with Crippen LogP contribution in [0.2, 0.25) is 0 Å². The molecule has 1 unspecified atom stereocenters. The highest BCUT2D eigenvalue weighted by Crippen LogP contribution is 2.33. The number of methoxy groups -OCH3 is 2. The summed E-state index contributed by atoms with van der Waals surface area (Å²) in [5, 5.41) is 3.02. The van der Waals surface area contributed by atoms with Crippen molar-refractivity contribution < 1.29 is 14.3 Å². The summed E-state index contributed by atoms with van der Waals surface area (Å²) in [4.78, 5) is 12.6. The Hall–Kier alpha value is -2.69. The normalized spacial score (nSPS) is 11.7. The molecule has 0 aliphatic rings. The predicted molar refractivity (Wildman–Crippen MR) is 95.8 cm³/mol. The van der Waals surface area contributed by atoms with Crippen LogP contribution in [0.25, 0.3) is 0 Å². The van der Waals surface area contributed by atoms with Crippen molar-refractivity contribution in [2.75, 3.05) is 20.0 Å². The quantitative estimate of drug-likeness (QED) is 0.825. The lowest BCUT2D eigenvalue weighted by molar-refractivity contribution is 0.0939. The Balaban J connectivity index is 2.27. The average Bonchev–Trinajstić information content (AvgIpc) is 2.56. The number of nitrogens with two attached hydrogens (primary N) is 1. The summed E-state index contributed by atoms with van der Waals surface area (Å²) >= 11 is 0. The van der Waals surface area contributed by atoms with Crippen molar-refractivity contribution in [1.82, 2.24) is 5.32 Å². The van der Waals surface area contributed by atoms with Gasteiger partial charge in [-0.1, -0.05) is 6.07 Å². The van der Waals surface area contributed by atoms with Crippen LogP contribution in [0, 0.1) is 13.8 Å². The van der Waals surface area contributed by atoms with E-state index in [9.17, 15) is 4.79 Å². The fourth-order valence-electron chi connectivity index (χ4n) is 2.70. The van der Waals surface area contributed by atoms with Crippen LogP contribution in [-0.4, -0.2) is 20.1 Å². The summed E-state index contributed by atoms with van der Waals surface area (Å²) in [7, 11) is 3.20. The molecule has 1 atom stereocenters. The van der Waals surface area contributed by atoms with Gasteiger partial charge in [-0.2, -0.15) is 0 Å². The molecule has 0 bridgehead atoms. The van der Waals surface area contributed by atoms with Crippen molar-refractivity contribution in [3.63, 3.8) is 0 Å². The summed E-state index contributed by atoms with van der Waals surface area (Å²) < 4.78 is 10.7. The van der Waals surface area contributed by atoms with E-state index >= 15 is 0 Å². The van der Waals surface area contributed by atoms with Gasteiger partial charge < -0.3 is 20.5 Å². The average molecular weight is 328 g/mol. The van der Waals surface area contributed by atoms with E-state index in [4.69, 9.17) is 15.2 Å². The molecule has 2 aromatic rings. The molecule has 0 radical (unpaired) electrons. The number of nitrogen functional groups attached to an aromatic ring is 1. The Labute approximate surface area is 142 Å². The topological polar surface area (TPSA) is 73.6 Å². The molecule has 0 aromatic heterocycles. The van der Waals surface area contributed by atoms with Crippen molar-refractivity contribution in [2.45, 2.75) is 26.8 Å². The molecule has 24 heavy (non-hydrogen) atoms. The number of carbonyl (C=O) groups is 1. The van der Waals surface area contributed by atoms with Gasteiger partial charge in [0.25, 0.3) is 5.91 Å². The maximum atomic E-state index is 12.6. The fourth-order valence-corrected chi connectivity index (χ4v) is 2.70. The molecule has 1 amide bonds. The lowest BCUT2D eigenvalue weighted by atomic mass is 10.0. The highest BCUT2D eigenvalue weighted by Gasteiger charge is 2.17. The first-order valence-electron chi connectivity index (χ1n) is 7.76. The van der Waals surface area contributed by atoms with Crippen molar-refractivity contribution in [3.8, 4) is 11.5 Å². The van der Waals surface area contributed by atoms with E-state index in [0.717, 1.165) is 16.7 Å².